The van der Waals surface area contributed by atoms with Crippen molar-refractivity contribution in [1.29, 1.82) is 0 Å². The van der Waals surface area contributed by atoms with Gasteiger partial charge in [0.25, 0.3) is 0 Å². The van der Waals surface area contributed by atoms with Crippen LogP contribution in [0.5, 0.6) is 11.5 Å². The average molecular weight is 262 g/mol. The smallest absolute Gasteiger partial charge is 0.231 e. The molecule has 1 aromatic carbocycles. The third-order valence-electron chi connectivity index (χ3n) is 3.78. The fourth-order valence-electron chi connectivity index (χ4n) is 2.71. The zero-order chi connectivity index (χ0) is 13.2. The van der Waals surface area contributed by atoms with E-state index in [9.17, 15) is 4.79 Å². The lowest BCUT2D eigenvalue weighted by Crippen LogP contribution is -2.30. The molecule has 1 aromatic rings. The highest BCUT2D eigenvalue weighted by atomic mass is 16.7. The Morgan fingerprint density at radius 3 is 3.05 bits per heavy atom. The number of carbonyl (C=O) groups is 1. The van der Waals surface area contributed by atoms with Crippen LogP contribution in [0.25, 0.3) is 0 Å². The fourth-order valence-corrected chi connectivity index (χ4v) is 2.71. The molecule has 1 saturated carbocycles. The molecule has 2 atom stereocenters. The van der Waals surface area contributed by atoms with Gasteiger partial charge >= 0.3 is 0 Å². The first-order valence-electron chi connectivity index (χ1n) is 6.65. The molecule has 0 bridgehead atoms. The molecular formula is C14H18N2O3. The molecule has 0 spiro atoms. The van der Waals surface area contributed by atoms with Crippen LogP contribution in [-0.4, -0.2) is 18.7 Å². The molecule has 1 amide bonds. The van der Waals surface area contributed by atoms with E-state index in [1.807, 2.05) is 18.2 Å². The van der Waals surface area contributed by atoms with Crippen molar-refractivity contribution >= 4 is 5.91 Å². The van der Waals surface area contributed by atoms with Crippen molar-refractivity contribution < 1.29 is 14.3 Å². The number of ether oxygens (including phenoxy) is 2. The topological polar surface area (TPSA) is 73.6 Å². The molecular weight excluding hydrogens is 244 g/mol. The van der Waals surface area contributed by atoms with Crippen LogP contribution >= 0.6 is 0 Å². The Balaban J connectivity index is 1.61. The lowest BCUT2D eigenvalue weighted by atomic mass is 10.1. The van der Waals surface area contributed by atoms with E-state index in [2.05, 4.69) is 5.32 Å². The molecule has 5 nitrogen and oxygen atoms in total. The molecule has 0 radical (unpaired) electrons. The monoisotopic (exact) mass is 262 g/mol. The number of hydrogen-bond acceptors (Lipinski definition) is 4. The Kier molecular flexibility index (Phi) is 3.29. The van der Waals surface area contributed by atoms with E-state index in [0.717, 1.165) is 36.3 Å². The highest BCUT2D eigenvalue weighted by Gasteiger charge is 2.27. The molecule has 1 heterocycles. The summed E-state index contributed by atoms with van der Waals surface area (Å²) in [5, 5.41) is 2.96. The number of nitrogens with one attached hydrogen (secondary N) is 1. The largest absolute Gasteiger partial charge is 0.454 e. The maximum absolute atomic E-state index is 12.0. The van der Waals surface area contributed by atoms with Gasteiger partial charge in [-0.05, 0) is 25.3 Å². The van der Waals surface area contributed by atoms with Gasteiger partial charge in [0.05, 0.1) is 0 Å². The molecule has 3 N–H and O–H groups in total. The molecule has 3 rings (SSSR count). The number of hydrogen-bond donors (Lipinski definition) is 2. The van der Waals surface area contributed by atoms with Crippen LogP contribution in [0.4, 0.5) is 0 Å². The normalized spacial score (nSPS) is 24.5. The predicted octanol–water partition coefficient (Wildman–Crippen LogP) is 1.16. The van der Waals surface area contributed by atoms with Gasteiger partial charge in [0.15, 0.2) is 11.5 Å². The lowest BCUT2D eigenvalue weighted by Gasteiger charge is -2.11. The Morgan fingerprint density at radius 2 is 2.26 bits per heavy atom. The molecule has 2 aliphatic rings. The van der Waals surface area contributed by atoms with E-state index >= 15 is 0 Å². The number of rotatable bonds is 3. The molecule has 0 saturated heterocycles. The summed E-state index contributed by atoms with van der Waals surface area (Å²) in [4.78, 5) is 12.0. The van der Waals surface area contributed by atoms with Gasteiger partial charge in [-0.3, -0.25) is 4.79 Å². The summed E-state index contributed by atoms with van der Waals surface area (Å²) >= 11 is 0. The van der Waals surface area contributed by atoms with Crippen molar-refractivity contribution in [2.24, 2.45) is 11.7 Å². The first-order valence-corrected chi connectivity index (χ1v) is 6.65. The quantitative estimate of drug-likeness (QED) is 0.857. The van der Waals surface area contributed by atoms with Gasteiger partial charge in [0.1, 0.15) is 0 Å². The third kappa shape index (κ3) is 2.51. The van der Waals surface area contributed by atoms with Crippen LogP contribution in [0.15, 0.2) is 18.2 Å². The van der Waals surface area contributed by atoms with E-state index in [4.69, 9.17) is 15.2 Å². The van der Waals surface area contributed by atoms with Crippen LogP contribution in [0.3, 0.4) is 0 Å². The molecule has 0 aromatic heterocycles. The second-order valence-corrected chi connectivity index (χ2v) is 5.14. The van der Waals surface area contributed by atoms with Crippen molar-refractivity contribution in [1.82, 2.24) is 5.32 Å². The molecule has 1 fully saturated rings. The molecule has 102 valence electrons. The minimum atomic E-state index is 0.0592. The second-order valence-electron chi connectivity index (χ2n) is 5.14. The Bertz CT molecular complexity index is 490. The number of amides is 1. The first kappa shape index (κ1) is 12.3. The minimum absolute atomic E-state index is 0.0592. The summed E-state index contributed by atoms with van der Waals surface area (Å²) in [7, 11) is 0. The Labute approximate surface area is 112 Å². The summed E-state index contributed by atoms with van der Waals surface area (Å²) in [6.45, 7) is 0.717. The number of fused-ring (bicyclic) bond motifs is 1. The summed E-state index contributed by atoms with van der Waals surface area (Å²) < 4.78 is 10.7. The van der Waals surface area contributed by atoms with Gasteiger partial charge in [-0.1, -0.05) is 12.1 Å². The van der Waals surface area contributed by atoms with Gasteiger partial charge < -0.3 is 20.5 Å². The Hall–Kier alpha value is -1.75. The maximum atomic E-state index is 12.0. The first-order chi connectivity index (χ1) is 9.24. The number of benzene rings is 1. The van der Waals surface area contributed by atoms with Gasteiger partial charge in [0, 0.05) is 24.1 Å². The maximum Gasteiger partial charge on any atom is 0.231 e. The van der Waals surface area contributed by atoms with Gasteiger partial charge in [-0.25, -0.2) is 0 Å². The number of carbonyl (C=O) groups excluding carboxylic acids is 1. The minimum Gasteiger partial charge on any atom is -0.454 e. The Morgan fingerprint density at radius 1 is 1.37 bits per heavy atom. The van der Waals surface area contributed by atoms with Gasteiger partial charge in [-0.2, -0.15) is 0 Å². The zero-order valence-electron chi connectivity index (χ0n) is 10.7. The van der Waals surface area contributed by atoms with Crippen LogP contribution < -0.4 is 20.5 Å². The lowest BCUT2D eigenvalue weighted by molar-refractivity contribution is -0.125. The fraction of sp³-hybridized carbons (Fsp3) is 0.500. The van der Waals surface area contributed by atoms with E-state index < -0.39 is 0 Å². The predicted molar refractivity (Wildman–Crippen MR) is 69.7 cm³/mol. The summed E-state index contributed by atoms with van der Waals surface area (Å²) in [6, 6.07) is 5.88. The van der Waals surface area contributed by atoms with Crippen molar-refractivity contribution in [2.75, 3.05) is 6.79 Å². The van der Waals surface area contributed by atoms with Crippen molar-refractivity contribution in [3.8, 4) is 11.5 Å². The SMILES string of the molecule is NC1CCC(C(=O)NCc2cccc3c2OCO3)C1. The van der Waals surface area contributed by atoms with Gasteiger partial charge in [0.2, 0.25) is 12.7 Å². The highest BCUT2D eigenvalue weighted by Crippen LogP contribution is 2.35. The van der Waals surface area contributed by atoms with E-state index in [1.54, 1.807) is 0 Å². The highest BCUT2D eigenvalue weighted by molar-refractivity contribution is 5.79. The van der Waals surface area contributed by atoms with E-state index in [-0.39, 0.29) is 24.7 Å². The third-order valence-corrected chi connectivity index (χ3v) is 3.78. The summed E-state index contributed by atoms with van der Waals surface area (Å²) in [6.07, 6.45) is 2.62. The standard InChI is InChI=1S/C14H18N2O3/c15-11-5-4-9(6-11)14(17)16-7-10-2-1-3-12-13(10)19-8-18-12/h1-3,9,11H,4-8,15H2,(H,16,17). The average Bonchev–Trinajstić information content (AvgIpc) is 3.04. The molecule has 5 heteroatoms. The molecule has 2 unspecified atom stereocenters. The summed E-state index contributed by atoms with van der Waals surface area (Å²) in [5.74, 6) is 1.63. The molecule has 1 aliphatic carbocycles. The second kappa shape index (κ2) is 5.09. The van der Waals surface area contributed by atoms with Gasteiger partial charge in [-0.15, -0.1) is 0 Å². The van der Waals surface area contributed by atoms with E-state index in [1.165, 1.54) is 0 Å². The van der Waals surface area contributed by atoms with Crippen molar-refractivity contribution in [3.05, 3.63) is 23.8 Å². The number of para-hydroxylation sites is 1. The number of nitrogens with two attached hydrogens (primary N) is 1. The van der Waals surface area contributed by atoms with Crippen LogP contribution in [0.1, 0.15) is 24.8 Å². The van der Waals surface area contributed by atoms with Crippen molar-refractivity contribution in [3.63, 3.8) is 0 Å². The van der Waals surface area contributed by atoms with E-state index in [0.29, 0.717) is 6.54 Å². The summed E-state index contributed by atoms with van der Waals surface area (Å²) in [5.41, 5.74) is 6.78. The van der Waals surface area contributed by atoms with Crippen LogP contribution in [-0.2, 0) is 11.3 Å². The molecule has 1 aliphatic heterocycles. The van der Waals surface area contributed by atoms with Crippen LogP contribution in [0.2, 0.25) is 0 Å². The molecule has 19 heavy (non-hydrogen) atoms. The van der Waals surface area contributed by atoms with Crippen LogP contribution in [0, 0.1) is 5.92 Å². The zero-order valence-corrected chi connectivity index (χ0v) is 10.7. The van der Waals surface area contributed by atoms with Crippen molar-refractivity contribution in [2.45, 2.75) is 31.8 Å².